The van der Waals surface area contributed by atoms with Gasteiger partial charge in [0.15, 0.2) is 17.3 Å². The van der Waals surface area contributed by atoms with E-state index in [1.54, 1.807) is 6.07 Å². The Kier molecular flexibility index (Phi) is 6.40. The van der Waals surface area contributed by atoms with Crippen LogP contribution in [0.25, 0.3) is 0 Å². The molecule has 7 heteroatoms. The van der Waals surface area contributed by atoms with Gasteiger partial charge in [0.05, 0.1) is 16.1 Å². The van der Waals surface area contributed by atoms with Crippen molar-refractivity contribution in [1.82, 2.24) is 4.98 Å². The standard InChI is InChI=1S/C17H16Cl2FNO3/c1-10(2)24-17-5-11(3-4-16(17)23-9-20)15(22)6-12-13(18)7-21-8-14(12)19/h3-5,7-8,10H,6,9H2,1-2H3. The normalized spacial score (nSPS) is 10.8. The number of rotatable bonds is 7. The zero-order chi connectivity index (χ0) is 17.7. The first-order valence-electron chi connectivity index (χ1n) is 7.23. The second kappa shape index (κ2) is 8.31. The summed E-state index contributed by atoms with van der Waals surface area (Å²) in [6.45, 7) is 2.67. The van der Waals surface area contributed by atoms with Gasteiger partial charge in [-0.25, -0.2) is 4.39 Å². The van der Waals surface area contributed by atoms with Gasteiger partial charge >= 0.3 is 0 Å². The van der Waals surface area contributed by atoms with E-state index in [0.29, 0.717) is 26.9 Å². The zero-order valence-electron chi connectivity index (χ0n) is 13.2. The van der Waals surface area contributed by atoms with Gasteiger partial charge in [-0.3, -0.25) is 9.78 Å². The summed E-state index contributed by atoms with van der Waals surface area (Å²) in [5.74, 6) is 0.341. The van der Waals surface area contributed by atoms with Gasteiger partial charge < -0.3 is 9.47 Å². The van der Waals surface area contributed by atoms with Crippen LogP contribution in [0.4, 0.5) is 4.39 Å². The average Bonchev–Trinajstić information content (AvgIpc) is 2.52. The van der Waals surface area contributed by atoms with Crippen molar-refractivity contribution in [1.29, 1.82) is 0 Å². The molecule has 1 aromatic heterocycles. The molecule has 0 bridgehead atoms. The molecule has 0 amide bonds. The maximum Gasteiger partial charge on any atom is 0.228 e. The highest BCUT2D eigenvalue weighted by atomic mass is 35.5. The quantitative estimate of drug-likeness (QED) is 0.649. The van der Waals surface area contributed by atoms with E-state index in [9.17, 15) is 9.18 Å². The van der Waals surface area contributed by atoms with Crippen molar-refractivity contribution >= 4 is 29.0 Å². The molecule has 0 atom stereocenters. The second-order valence-electron chi connectivity index (χ2n) is 5.26. The van der Waals surface area contributed by atoms with Crippen LogP contribution in [0.15, 0.2) is 30.6 Å². The molecule has 0 saturated carbocycles. The van der Waals surface area contributed by atoms with E-state index < -0.39 is 6.86 Å². The van der Waals surface area contributed by atoms with Crippen molar-refractivity contribution < 1.29 is 18.7 Å². The molecule has 2 rings (SSSR count). The Morgan fingerprint density at radius 1 is 1.21 bits per heavy atom. The second-order valence-corrected chi connectivity index (χ2v) is 6.08. The lowest BCUT2D eigenvalue weighted by atomic mass is 10.0. The number of Topliss-reactive ketones (excluding diaryl/α,β-unsaturated/α-hetero) is 1. The highest BCUT2D eigenvalue weighted by molar-refractivity contribution is 6.36. The summed E-state index contributed by atoms with van der Waals surface area (Å²) >= 11 is 12.1. The summed E-state index contributed by atoms with van der Waals surface area (Å²) in [5, 5.41) is 0.652. The Morgan fingerprint density at radius 3 is 2.46 bits per heavy atom. The lowest BCUT2D eigenvalue weighted by molar-refractivity contribution is 0.0992. The molecule has 0 aliphatic rings. The number of alkyl halides is 1. The van der Waals surface area contributed by atoms with Gasteiger partial charge in [0, 0.05) is 29.9 Å². The summed E-state index contributed by atoms with van der Waals surface area (Å²) in [5.41, 5.74) is 0.898. The van der Waals surface area contributed by atoms with Crippen LogP contribution in [0.1, 0.15) is 29.8 Å². The van der Waals surface area contributed by atoms with E-state index in [-0.39, 0.29) is 24.1 Å². The molecule has 0 spiro atoms. The Bertz CT molecular complexity index is 718. The maximum atomic E-state index is 12.5. The van der Waals surface area contributed by atoms with E-state index >= 15 is 0 Å². The largest absolute Gasteiger partial charge is 0.487 e. The molecule has 0 fully saturated rings. The Hall–Kier alpha value is -1.85. The molecule has 2 aromatic rings. The molecule has 0 aliphatic heterocycles. The maximum absolute atomic E-state index is 12.5. The Morgan fingerprint density at radius 2 is 1.88 bits per heavy atom. The molecular formula is C17H16Cl2FNO3. The van der Waals surface area contributed by atoms with Gasteiger partial charge in [-0.05, 0) is 32.0 Å². The van der Waals surface area contributed by atoms with Gasteiger partial charge in [0.2, 0.25) is 6.86 Å². The molecule has 0 saturated heterocycles. The van der Waals surface area contributed by atoms with Crippen molar-refractivity contribution in [3.05, 3.63) is 51.8 Å². The Labute approximate surface area is 149 Å². The lowest BCUT2D eigenvalue weighted by Crippen LogP contribution is -2.10. The minimum atomic E-state index is -0.982. The molecule has 0 unspecified atom stereocenters. The lowest BCUT2D eigenvalue weighted by Gasteiger charge is -2.15. The van der Waals surface area contributed by atoms with Crippen LogP contribution in [-0.4, -0.2) is 23.7 Å². The predicted octanol–water partition coefficient (Wildman–Crippen LogP) is 4.91. The predicted molar refractivity (Wildman–Crippen MR) is 91.1 cm³/mol. The van der Waals surface area contributed by atoms with Crippen LogP contribution < -0.4 is 9.47 Å². The third-order valence-corrected chi connectivity index (χ3v) is 3.78. The summed E-state index contributed by atoms with van der Waals surface area (Å²) in [6, 6.07) is 4.57. The van der Waals surface area contributed by atoms with E-state index in [2.05, 4.69) is 4.98 Å². The van der Waals surface area contributed by atoms with Crippen molar-refractivity contribution in [3.63, 3.8) is 0 Å². The molecule has 4 nitrogen and oxygen atoms in total. The number of ether oxygens (including phenoxy) is 2. The number of carbonyl (C=O) groups excluding carboxylic acids is 1. The number of halogens is 3. The smallest absolute Gasteiger partial charge is 0.228 e. The van der Waals surface area contributed by atoms with Crippen molar-refractivity contribution in [3.8, 4) is 11.5 Å². The summed E-state index contributed by atoms with van der Waals surface area (Å²) in [7, 11) is 0. The number of pyridine rings is 1. The third-order valence-electron chi connectivity index (χ3n) is 3.13. The molecule has 1 heterocycles. The fourth-order valence-electron chi connectivity index (χ4n) is 2.08. The van der Waals surface area contributed by atoms with E-state index in [0.717, 1.165) is 0 Å². The van der Waals surface area contributed by atoms with Gasteiger partial charge in [-0.2, -0.15) is 0 Å². The van der Waals surface area contributed by atoms with Crippen LogP contribution in [0, 0.1) is 0 Å². The molecule has 0 aliphatic carbocycles. The number of nitrogens with zero attached hydrogens (tertiary/aromatic N) is 1. The molecule has 0 N–H and O–H groups in total. The first kappa shape index (κ1) is 18.5. The number of hydrogen-bond donors (Lipinski definition) is 0. The topological polar surface area (TPSA) is 48.4 Å². The highest BCUT2D eigenvalue weighted by Crippen LogP contribution is 2.31. The van der Waals surface area contributed by atoms with E-state index in [1.165, 1.54) is 24.5 Å². The Balaban J connectivity index is 2.29. The fraction of sp³-hybridized carbons (Fsp3) is 0.294. The van der Waals surface area contributed by atoms with Crippen molar-refractivity contribution in [2.24, 2.45) is 0 Å². The minimum Gasteiger partial charge on any atom is -0.487 e. The van der Waals surface area contributed by atoms with E-state index in [4.69, 9.17) is 32.7 Å². The molecule has 0 radical (unpaired) electrons. The number of aromatic nitrogens is 1. The highest BCUT2D eigenvalue weighted by Gasteiger charge is 2.16. The number of benzene rings is 1. The minimum absolute atomic E-state index is 0.0185. The fourth-order valence-corrected chi connectivity index (χ4v) is 2.57. The molecule has 128 valence electrons. The van der Waals surface area contributed by atoms with E-state index in [1.807, 2.05) is 13.8 Å². The summed E-state index contributed by atoms with van der Waals surface area (Å²) < 4.78 is 22.9. The van der Waals surface area contributed by atoms with Gasteiger partial charge in [0.1, 0.15) is 0 Å². The van der Waals surface area contributed by atoms with Crippen LogP contribution in [0.3, 0.4) is 0 Å². The van der Waals surface area contributed by atoms with Gasteiger partial charge in [-0.15, -0.1) is 0 Å². The molecule has 24 heavy (non-hydrogen) atoms. The number of hydrogen-bond acceptors (Lipinski definition) is 4. The van der Waals surface area contributed by atoms with Gasteiger partial charge in [0.25, 0.3) is 0 Å². The monoisotopic (exact) mass is 371 g/mol. The van der Waals surface area contributed by atoms with Crippen LogP contribution >= 0.6 is 23.2 Å². The van der Waals surface area contributed by atoms with Crippen molar-refractivity contribution in [2.45, 2.75) is 26.4 Å². The molecule has 1 aromatic carbocycles. The first-order valence-corrected chi connectivity index (χ1v) is 7.98. The SMILES string of the molecule is CC(C)Oc1cc(C(=O)Cc2c(Cl)cncc2Cl)ccc1OCF. The molecular weight excluding hydrogens is 356 g/mol. The van der Waals surface area contributed by atoms with Crippen molar-refractivity contribution in [2.75, 3.05) is 6.86 Å². The summed E-state index contributed by atoms with van der Waals surface area (Å²) in [4.78, 5) is 16.4. The summed E-state index contributed by atoms with van der Waals surface area (Å²) in [6.07, 6.45) is 2.73. The third kappa shape index (κ3) is 4.58. The zero-order valence-corrected chi connectivity index (χ0v) is 14.7. The average molecular weight is 372 g/mol. The first-order chi connectivity index (χ1) is 11.4. The van der Waals surface area contributed by atoms with Gasteiger partial charge in [-0.1, -0.05) is 23.2 Å². The van der Waals surface area contributed by atoms with Crippen LogP contribution in [-0.2, 0) is 6.42 Å². The van der Waals surface area contributed by atoms with Crippen LogP contribution in [0.2, 0.25) is 10.0 Å². The number of ketones is 1. The van der Waals surface area contributed by atoms with Crippen LogP contribution in [0.5, 0.6) is 11.5 Å². The number of carbonyl (C=O) groups is 1.